The molecule has 0 radical (unpaired) electrons. The molecule has 0 aliphatic heterocycles. The number of carbonyl (C=O) groups is 1. The molecule has 0 saturated heterocycles. The van der Waals surface area contributed by atoms with Gasteiger partial charge in [-0.05, 0) is 12.2 Å². The monoisotopic (exact) mass is 286 g/mol. The van der Waals surface area contributed by atoms with Crippen molar-refractivity contribution >= 4 is 27.4 Å². The van der Waals surface area contributed by atoms with Crippen LogP contribution in [-0.4, -0.2) is 37.7 Å². The van der Waals surface area contributed by atoms with Crippen LogP contribution in [-0.2, 0) is 9.84 Å². The molecule has 1 aromatic rings. The molecule has 5 heteroatoms. The molecule has 0 aromatic heterocycles. The molecular formula is C13H18O3S2. The molecule has 0 amide bonds. The predicted molar refractivity (Wildman–Crippen MR) is 77.0 cm³/mol. The van der Waals surface area contributed by atoms with Crippen molar-refractivity contribution in [3.8, 4) is 0 Å². The van der Waals surface area contributed by atoms with Crippen LogP contribution in [0.25, 0.3) is 0 Å². The summed E-state index contributed by atoms with van der Waals surface area (Å²) in [5.74, 6) is 1.80. The zero-order chi connectivity index (χ0) is 13.4. The molecule has 0 unspecified atom stereocenters. The smallest absolute Gasteiger partial charge is 0.162 e. The van der Waals surface area contributed by atoms with Gasteiger partial charge in [0.15, 0.2) is 5.78 Å². The van der Waals surface area contributed by atoms with Crippen LogP contribution >= 0.6 is 11.8 Å². The molecule has 18 heavy (non-hydrogen) atoms. The molecule has 0 aliphatic rings. The van der Waals surface area contributed by atoms with Crippen molar-refractivity contribution in [1.82, 2.24) is 0 Å². The highest BCUT2D eigenvalue weighted by Crippen LogP contribution is 2.09. The molecule has 0 spiro atoms. The largest absolute Gasteiger partial charge is 0.294 e. The van der Waals surface area contributed by atoms with Gasteiger partial charge in [-0.3, -0.25) is 4.79 Å². The first kappa shape index (κ1) is 15.2. The van der Waals surface area contributed by atoms with Crippen LogP contribution in [0.5, 0.6) is 0 Å². The van der Waals surface area contributed by atoms with Crippen LogP contribution in [0.2, 0.25) is 0 Å². The van der Waals surface area contributed by atoms with Crippen molar-refractivity contribution < 1.29 is 13.2 Å². The third-order valence-electron chi connectivity index (χ3n) is 2.39. The van der Waals surface area contributed by atoms with Gasteiger partial charge in [-0.15, -0.1) is 0 Å². The highest BCUT2D eigenvalue weighted by atomic mass is 32.2. The minimum atomic E-state index is -2.86. The summed E-state index contributed by atoms with van der Waals surface area (Å²) in [7, 11) is -2.86. The predicted octanol–water partition coefficient (Wildman–Crippen LogP) is 2.43. The Morgan fingerprint density at radius 3 is 2.44 bits per heavy atom. The fourth-order valence-electron chi connectivity index (χ4n) is 1.42. The van der Waals surface area contributed by atoms with E-state index >= 15 is 0 Å². The van der Waals surface area contributed by atoms with Crippen LogP contribution in [0.4, 0.5) is 0 Å². The summed E-state index contributed by atoms with van der Waals surface area (Å²) in [6, 6.07) is 9.23. The SMILES string of the molecule is CS(=O)(=O)CCSCCCC(=O)c1ccccc1. The average molecular weight is 286 g/mol. The molecule has 1 aromatic carbocycles. The zero-order valence-corrected chi connectivity index (χ0v) is 12.1. The molecule has 100 valence electrons. The van der Waals surface area contributed by atoms with Gasteiger partial charge < -0.3 is 0 Å². The first-order valence-corrected chi connectivity index (χ1v) is 9.04. The van der Waals surface area contributed by atoms with Crippen LogP contribution in [0.15, 0.2) is 30.3 Å². The molecule has 0 bridgehead atoms. The van der Waals surface area contributed by atoms with Crippen LogP contribution < -0.4 is 0 Å². The van der Waals surface area contributed by atoms with E-state index in [2.05, 4.69) is 0 Å². The lowest BCUT2D eigenvalue weighted by atomic mass is 10.1. The number of ketones is 1. The Labute approximate surface area is 113 Å². The second-order valence-corrected chi connectivity index (χ2v) is 7.62. The molecular weight excluding hydrogens is 268 g/mol. The van der Waals surface area contributed by atoms with Gasteiger partial charge in [-0.1, -0.05) is 30.3 Å². The maximum atomic E-state index is 11.7. The standard InChI is InChI=1S/C13H18O3S2/c1-18(15,16)11-10-17-9-5-8-13(14)12-6-3-2-4-7-12/h2-4,6-7H,5,8-11H2,1H3. The van der Waals surface area contributed by atoms with Crippen molar-refractivity contribution in [1.29, 1.82) is 0 Å². The summed E-state index contributed by atoms with van der Waals surface area (Å²) in [4.78, 5) is 11.7. The van der Waals surface area contributed by atoms with Crippen LogP contribution in [0, 0.1) is 0 Å². The van der Waals surface area contributed by atoms with Gasteiger partial charge in [0.05, 0.1) is 5.75 Å². The Balaban J connectivity index is 2.14. The van der Waals surface area contributed by atoms with Crippen molar-refractivity contribution in [2.24, 2.45) is 0 Å². The maximum Gasteiger partial charge on any atom is 0.162 e. The highest BCUT2D eigenvalue weighted by molar-refractivity contribution is 8.00. The molecule has 0 aliphatic carbocycles. The maximum absolute atomic E-state index is 11.7. The van der Waals surface area contributed by atoms with Gasteiger partial charge in [-0.25, -0.2) is 8.42 Å². The second kappa shape index (κ2) is 7.59. The van der Waals surface area contributed by atoms with Crippen LogP contribution in [0.1, 0.15) is 23.2 Å². The highest BCUT2D eigenvalue weighted by Gasteiger charge is 2.05. The summed E-state index contributed by atoms with van der Waals surface area (Å²) >= 11 is 1.59. The Hall–Kier alpha value is -0.810. The molecule has 0 heterocycles. The van der Waals surface area contributed by atoms with E-state index in [1.165, 1.54) is 6.26 Å². The lowest BCUT2D eigenvalue weighted by Crippen LogP contribution is -2.05. The van der Waals surface area contributed by atoms with E-state index in [0.717, 1.165) is 17.7 Å². The number of rotatable bonds is 8. The molecule has 0 fully saturated rings. The number of sulfone groups is 1. The second-order valence-electron chi connectivity index (χ2n) is 4.14. The fraction of sp³-hybridized carbons (Fsp3) is 0.462. The van der Waals surface area contributed by atoms with Crippen molar-refractivity contribution in [3.63, 3.8) is 0 Å². The normalized spacial score (nSPS) is 11.4. The number of Topliss-reactive ketones (excluding diaryl/α,β-unsaturated/α-hetero) is 1. The quantitative estimate of drug-likeness (QED) is 0.544. The van der Waals surface area contributed by atoms with E-state index in [0.29, 0.717) is 12.2 Å². The van der Waals surface area contributed by atoms with E-state index in [-0.39, 0.29) is 11.5 Å². The summed E-state index contributed by atoms with van der Waals surface area (Å²) in [6.45, 7) is 0. The first-order valence-electron chi connectivity index (χ1n) is 5.83. The summed E-state index contributed by atoms with van der Waals surface area (Å²) in [6.07, 6.45) is 2.56. The number of hydrogen-bond donors (Lipinski definition) is 0. The summed E-state index contributed by atoms with van der Waals surface area (Å²) in [5.41, 5.74) is 0.749. The number of carbonyl (C=O) groups excluding carboxylic acids is 1. The van der Waals surface area contributed by atoms with Crippen molar-refractivity contribution in [3.05, 3.63) is 35.9 Å². The number of benzene rings is 1. The fourth-order valence-corrected chi connectivity index (χ4v) is 3.65. The van der Waals surface area contributed by atoms with Gasteiger partial charge in [-0.2, -0.15) is 11.8 Å². The first-order chi connectivity index (χ1) is 8.49. The van der Waals surface area contributed by atoms with E-state index in [1.54, 1.807) is 11.8 Å². The molecule has 0 saturated carbocycles. The van der Waals surface area contributed by atoms with E-state index in [9.17, 15) is 13.2 Å². The third-order valence-corrected chi connectivity index (χ3v) is 4.66. The Bertz CT molecular complexity index is 466. The molecule has 0 N–H and O–H groups in total. The molecule has 1 rings (SSSR count). The van der Waals surface area contributed by atoms with E-state index < -0.39 is 9.84 Å². The third kappa shape index (κ3) is 6.81. The minimum absolute atomic E-state index is 0.152. The van der Waals surface area contributed by atoms with Gasteiger partial charge in [0, 0.05) is 24.0 Å². The van der Waals surface area contributed by atoms with Gasteiger partial charge >= 0.3 is 0 Å². The average Bonchev–Trinajstić information content (AvgIpc) is 2.33. The van der Waals surface area contributed by atoms with Gasteiger partial charge in [0.1, 0.15) is 9.84 Å². The number of thioether (sulfide) groups is 1. The van der Waals surface area contributed by atoms with Crippen molar-refractivity contribution in [2.45, 2.75) is 12.8 Å². The minimum Gasteiger partial charge on any atom is -0.294 e. The Morgan fingerprint density at radius 1 is 1.17 bits per heavy atom. The Morgan fingerprint density at radius 2 is 1.83 bits per heavy atom. The topological polar surface area (TPSA) is 51.2 Å². The number of hydrogen-bond acceptors (Lipinski definition) is 4. The zero-order valence-electron chi connectivity index (χ0n) is 10.5. The van der Waals surface area contributed by atoms with E-state index in [4.69, 9.17) is 0 Å². The van der Waals surface area contributed by atoms with Gasteiger partial charge in [0.25, 0.3) is 0 Å². The summed E-state index contributed by atoms with van der Waals surface area (Å²) < 4.78 is 21.8. The molecule has 3 nitrogen and oxygen atoms in total. The Kier molecular flexibility index (Phi) is 6.43. The van der Waals surface area contributed by atoms with Crippen molar-refractivity contribution in [2.75, 3.05) is 23.5 Å². The van der Waals surface area contributed by atoms with E-state index in [1.807, 2.05) is 30.3 Å². The van der Waals surface area contributed by atoms with Gasteiger partial charge in [0.2, 0.25) is 0 Å². The summed E-state index contributed by atoms with van der Waals surface area (Å²) in [5, 5.41) is 0. The lowest BCUT2D eigenvalue weighted by molar-refractivity contribution is 0.0982. The molecule has 0 atom stereocenters. The lowest BCUT2D eigenvalue weighted by Gasteiger charge is -2.01. The van der Waals surface area contributed by atoms with Crippen LogP contribution in [0.3, 0.4) is 0 Å².